The SMILES string of the molecule is CC1CO1.COP(=O)(c1ccccc1)c1ccccc1. The highest BCUT2D eigenvalue weighted by atomic mass is 31.2. The molecule has 0 spiro atoms. The summed E-state index contributed by atoms with van der Waals surface area (Å²) in [7, 11) is -1.42. The Morgan fingerprint density at radius 3 is 1.60 bits per heavy atom. The number of rotatable bonds is 3. The van der Waals surface area contributed by atoms with Crippen LogP contribution < -0.4 is 10.6 Å². The molecule has 1 unspecified atom stereocenters. The summed E-state index contributed by atoms with van der Waals surface area (Å²) in [5, 5.41) is 1.45. The summed E-state index contributed by atoms with van der Waals surface area (Å²) in [5.41, 5.74) is 0. The van der Waals surface area contributed by atoms with Crippen LogP contribution in [0.3, 0.4) is 0 Å². The van der Waals surface area contributed by atoms with Crippen LogP contribution in [-0.4, -0.2) is 19.8 Å². The molecule has 0 N–H and O–H groups in total. The molecule has 106 valence electrons. The summed E-state index contributed by atoms with van der Waals surface area (Å²) >= 11 is 0. The first-order valence-electron chi connectivity index (χ1n) is 6.55. The second-order valence-electron chi connectivity index (χ2n) is 4.55. The van der Waals surface area contributed by atoms with E-state index in [0.717, 1.165) is 17.2 Å². The average Bonchev–Trinajstić information content (AvgIpc) is 3.31. The Kier molecular flexibility index (Phi) is 5.13. The predicted molar refractivity (Wildman–Crippen MR) is 82.2 cm³/mol. The standard InChI is InChI=1S/C13H13O2P.C3H6O/c1-15-16(14,12-8-4-2-5-9-12)13-10-6-3-7-11-13;1-3-2-4-3/h2-11H,1H3;3H,2H2,1H3. The second kappa shape index (κ2) is 6.85. The molecule has 0 aromatic heterocycles. The second-order valence-corrected chi connectivity index (χ2v) is 7.05. The van der Waals surface area contributed by atoms with Gasteiger partial charge in [0.05, 0.1) is 12.7 Å². The van der Waals surface area contributed by atoms with Crippen molar-refractivity contribution in [2.45, 2.75) is 13.0 Å². The summed E-state index contributed by atoms with van der Waals surface area (Å²) in [6, 6.07) is 18.6. The van der Waals surface area contributed by atoms with Crippen molar-refractivity contribution < 1.29 is 13.8 Å². The number of hydrogen-bond acceptors (Lipinski definition) is 3. The van der Waals surface area contributed by atoms with Crippen molar-refractivity contribution in [1.29, 1.82) is 0 Å². The van der Waals surface area contributed by atoms with Crippen molar-refractivity contribution in [1.82, 2.24) is 0 Å². The molecule has 3 rings (SSSR count). The molecular formula is C16H19O3P. The largest absolute Gasteiger partial charge is 0.373 e. The van der Waals surface area contributed by atoms with E-state index in [1.54, 1.807) is 0 Å². The van der Waals surface area contributed by atoms with Crippen LogP contribution in [0.2, 0.25) is 0 Å². The molecule has 4 heteroatoms. The molecule has 3 nitrogen and oxygen atoms in total. The van der Waals surface area contributed by atoms with E-state index in [2.05, 4.69) is 6.92 Å². The van der Waals surface area contributed by atoms with E-state index in [1.165, 1.54) is 7.11 Å². The van der Waals surface area contributed by atoms with E-state index in [-0.39, 0.29) is 0 Å². The molecule has 2 aromatic rings. The van der Waals surface area contributed by atoms with Crippen LogP contribution in [-0.2, 0) is 13.8 Å². The van der Waals surface area contributed by atoms with Gasteiger partial charge in [0.2, 0.25) is 0 Å². The fraction of sp³-hybridized carbons (Fsp3) is 0.250. The molecule has 0 amide bonds. The Labute approximate surface area is 120 Å². The topological polar surface area (TPSA) is 38.8 Å². The molecule has 20 heavy (non-hydrogen) atoms. The third kappa shape index (κ3) is 3.80. The first-order valence-corrected chi connectivity index (χ1v) is 8.18. The van der Waals surface area contributed by atoms with Crippen molar-refractivity contribution >= 4 is 18.0 Å². The normalized spacial score (nSPS) is 17.0. The van der Waals surface area contributed by atoms with Gasteiger partial charge in [-0.05, 0) is 31.2 Å². The Bertz CT molecular complexity index is 521. The van der Waals surface area contributed by atoms with Crippen molar-refractivity contribution in [2.75, 3.05) is 13.7 Å². The zero-order valence-electron chi connectivity index (χ0n) is 11.7. The molecule has 1 aliphatic heterocycles. The number of ether oxygens (including phenoxy) is 1. The Balaban J connectivity index is 0.000000315. The molecule has 0 saturated carbocycles. The number of hydrogen-bond donors (Lipinski definition) is 0. The van der Waals surface area contributed by atoms with Gasteiger partial charge in [-0.1, -0.05) is 36.4 Å². The quantitative estimate of drug-likeness (QED) is 0.644. The molecule has 0 aliphatic carbocycles. The highest BCUT2D eigenvalue weighted by Crippen LogP contribution is 2.43. The zero-order valence-corrected chi connectivity index (χ0v) is 12.6. The minimum atomic E-state index is -2.90. The third-order valence-electron chi connectivity index (χ3n) is 2.95. The van der Waals surface area contributed by atoms with Gasteiger partial charge in [-0.2, -0.15) is 0 Å². The fourth-order valence-corrected chi connectivity index (χ4v) is 3.55. The highest BCUT2D eigenvalue weighted by Gasteiger charge is 2.26. The van der Waals surface area contributed by atoms with Crippen LogP contribution in [0, 0.1) is 0 Å². The lowest BCUT2D eigenvalue weighted by atomic mass is 10.4. The summed E-state index contributed by atoms with van der Waals surface area (Å²) < 4.78 is 22.7. The smallest absolute Gasteiger partial charge is 0.261 e. The van der Waals surface area contributed by atoms with Gasteiger partial charge < -0.3 is 9.26 Å². The van der Waals surface area contributed by atoms with E-state index in [9.17, 15) is 4.57 Å². The fourth-order valence-electron chi connectivity index (χ4n) is 1.70. The van der Waals surface area contributed by atoms with Crippen LogP contribution in [0.4, 0.5) is 0 Å². The van der Waals surface area contributed by atoms with Crippen LogP contribution >= 0.6 is 7.37 Å². The predicted octanol–water partition coefficient (Wildman–Crippen LogP) is 2.97. The minimum absolute atomic E-state index is 0.583. The maximum Gasteiger partial charge on any atom is 0.261 e. The lowest BCUT2D eigenvalue weighted by Crippen LogP contribution is -2.16. The molecular weight excluding hydrogens is 271 g/mol. The summed E-state index contributed by atoms with van der Waals surface area (Å²) in [6.45, 7) is 3.04. The zero-order chi connectivity index (χ0) is 14.4. The molecule has 1 heterocycles. The van der Waals surface area contributed by atoms with Crippen LogP contribution in [0.15, 0.2) is 60.7 Å². The van der Waals surface area contributed by atoms with Crippen LogP contribution in [0.1, 0.15) is 6.92 Å². The van der Waals surface area contributed by atoms with E-state index >= 15 is 0 Å². The Morgan fingerprint density at radius 1 is 1.00 bits per heavy atom. The first-order chi connectivity index (χ1) is 9.66. The molecule has 1 atom stereocenters. The molecule has 2 aromatic carbocycles. The summed E-state index contributed by atoms with van der Waals surface area (Å²) in [4.78, 5) is 0. The van der Waals surface area contributed by atoms with E-state index in [1.807, 2.05) is 60.7 Å². The third-order valence-corrected chi connectivity index (χ3v) is 5.42. The summed E-state index contributed by atoms with van der Waals surface area (Å²) in [5.74, 6) is 0. The molecule has 0 radical (unpaired) electrons. The Hall–Kier alpha value is -1.41. The molecule has 1 saturated heterocycles. The van der Waals surface area contributed by atoms with Gasteiger partial charge in [-0.15, -0.1) is 0 Å². The van der Waals surface area contributed by atoms with Gasteiger partial charge in [-0.25, -0.2) is 0 Å². The monoisotopic (exact) mass is 290 g/mol. The highest BCUT2D eigenvalue weighted by molar-refractivity contribution is 7.74. The van der Waals surface area contributed by atoms with Crippen molar-refractivity contribution in [2.24, 2.45) is 0 Å². The number of epoxide rings is 1. The Morgan fingerprint density at radius 2 is 1.35 bits per heavy atom. The minimum Gasteiger partial charge on any atom is -0.373 e. The van der Waals surface area contributed by atoms with Gasteiger partial charge in [0.15, 0.2) is 0 Å². The van der Waals surface area contributed by atoms with Crippen molar-refractivity contribution in [3.8, 4) is 0 Å². The van der Waals surface area contributed by atoms with Crippen molar-refractivity contribution in [3.05, 3.63) is 60.7 Å². The average molecular weight is 290 g/mol. The molecule has 1 fully saturated rings. The van der Waals surface area contributed by atoms with E-state index < -0.39 is 7.37 Å². The lowest BCUT2D eigenvalue weighted by Gasteiger charge is -2.16. The molecule has 1 aliphatic rings. The van der Waals surface area contributed by atoms with Gasteiger partial charge in [0, 0.05) is 17.7 Å². The van der Waals surface area contributed by atoms with E-state index in [4.69, 9.17) is 9.26 Å². The maximum atomic E-state index is 12.8. The first kappa shape index (κ1) is 15.0. The van der Waals surface area contributed by atoms with Gasteiger partial charge in [0.1, 0.15) is 0 Å². The van der Waals surface area contributed by atoms with Gasteiger partial charge >= 0.3 is 0 Å². The van der Waals surface area contributed by atoms with Crippen LogP contribution in [0.5, 0.6) is 0 Å². The van der Waals surface area contributed by atoms with Crippen molar-refractivity contribution in [3.63, 3.8) is 0 Å². The maximum absolute atomic E-state index is 12.8. The molecule has 0 bridgehead atoms. The lowest BCUT2D eigenvalue weighted by molar-refractivity contribution is 0.412. The summed E-state index contributed by atoms with van der Waals surface area (Å²) in [6.07, 6.45) is 0.583. The van der Waals surface area contributed by atoms with E-state index in [0.29, 0.717) is 6.10 Å². The van der Waals surface area contributed by atoms with Gasteiger partial charge in [-0.3, -0.25) is 4.57 Å². The van der Waals surface area contributed by atoms with Gasteiger partial charge in [0.25, 0.3) is 7.37 Å². The number of benzene rings is 2. The van der Waals surface area contributed by atoms with Crippen LogP contribution in [0.25, 0.3) is 0 Å².